The molecule has 0 unspecified atom stereocenters. The molecule has 1 aliphatic rings. The van der Waals surface area contributed by atoms with Crippen LogP contribution in [0.4, 0.5) is 14.6 Å². The van der Waals surface area contributed by atoms with Crippen molar-refractivity contribution in [3.63, 3.8) is 0 Å². The average molecular weight is 303 g/mol. The Balaban J connectivity index is 1.83. The van der Waals surface area contributed by atoms with Gasteiger partial charge in [-0.15, -0.1) is 0 Å². The molecule has 2 aromatic rings. The Hall–Kier alpha value is -2.37. The summed E-state index contributed by atoms with van der Waals surface area (Å²) < 4.78 is 26.5. The van der Waals surface area contributed by atoms with E-state index < -0.39 is 23.7 Å². The number of aryl methyl sites for hydroxylation is 1. The Morgan fingerprint density at radius 3 is 2.64 bits per heavy atom. The highest BCUT2D eigenvalue weighted by Gasteiger charge is 2.69. The summed E-state index contributed by atoms with van der Waals surface area (Å²) in [6.07, 6.45) is 3.26. The van der Waals surface area contributed by atoms with Crippen LogP contribution in [0.1, 0.15) is 12.5 Å². The number of pyridine rings is 2. The van der Waals surface area contributed by atoms with Gasteiger partial charge in [0.15, 0.2) is 0 Å². The summed E-state index contributed by atoms with van der Waals surface area (Å²) in [7, 11) is 0. The van der Waals surface area contributed by atoms with Crippen molar-refractivity contribution in [2.24, 2.45) is 11.8 Å². The highest BCUT2D eigenvalue weighted by Crippen LogP contribution is 2.55. The lowest BCUT2D eigenvalue weighted by molar-refractivity contribution is -0.119. The first-order valence-corrected chi connectivity index (χ1v) is 6.98. The number of aromatic nitrogens is 2. The molecule has 0 spiro atoms. The Labute approximate surface area is 126 Å². The molecule has 1 amide bonds. The summed E-state index contributed by atoms with van der Waals surface area (Å²) in [5.41, 5.74) is 2.44. The second-order valence-electron chi connectivity index (χ2n) is 5.53. The van der Waals surface area contributed by atoms with Gasteiger partial charge in [0.2, 0.25) is 5.91 Å². The quantitative estimate of drug-likeness (QED) is 0.946. The van der Waals surface area contributed by atoms with Crippen LogP contribution in [0.15, 0.2) is 36.7 Å². The van der Waals surface area contributed by atoms with Crippen molar-refractivity contribution in [2.75, 3.05) is 5.32 Å². The maximum absolute atomic E-state index is 13.3. The highest BCUT2D eigenvalue weighted by atomic mass is 19.3. The van der Waals surface area contributed by atoms with Crippen molar-refractivity contribution in [2.45, 2.75) is 19.8 Å². The fourth-order valence-corrected chi connectivity index (χ4v) is 2.48. The molecule has 4 nitrogen and oxygen atoms in total. The number of alkyl halides is 2. The molecule has 1 fully saturated rings. The molecule has 1 N–H and O–H groups in total. The SMILES string of the molecule is Cc1cnc(NC(=O)[C@H]2[C@@H](C)C2(F)F)cc1-c1ccccn1. The number of carbonyl (C=O) groups excluding carboxylic acids is 1. The van der Waals surface area contributed by atoms with Crippen LogP contribution < -0.4 is 5.32 Å². The number of halogens is 2. The standard InChI is InChI=1S/C16H15F2N3O/c1-9-8-20-13(7-11(9)12-5-3-4-6-19-12)21-15(22)14-10(2)16(14,17)18/h3-8,10,14H,1-2H3,(H,20,21,22)/t10-,14-/m1/s1. The van der Waals surface area contributed by atoms with Crippen molar-refractivity contribution < 1.29 is 13.6 Å². The lowest BCUT2D eigenvalue weighted by Gasteiger charge is -2.09. The van der Waals surface area contributed by atoms with Gasteiger partial charge in [-0.25, -0.2) is 13.8 Å². The van der Waals surface area contributed by atoms with Crippen LogP contribution >= 0.6 is 0 Å². The second kappa shape index (κ2) is 5.12. The first-order chi connectivity index (χ1) is 10.4. The van der Waals surface area contributed by atoms with Gasteiger partial charge in [-0.05, 0) is 30.7 Å². The minimum absolute atomic E-state index is 0.256. The van der Waals surface area contributed by atoms with Gasteiger partial charge in [-0.1, -0.05) is 13.0 Å². The molecule has 0 radical (unpaired) electrons. The average Bonchev–Trinajstić information content (AvgIpc) is 3.00. The Kier molecular flexibility index (Phi) is 3.39. The Morgan fingerprint density at radius 2 is 2.05 bits per heavy atom. The van der Waals surface area contributed by atoms with Crippen molar-refractivity contribution in [3.05, 3.63) is 42.2 Å². The Morgan fingerprint density at radius 1 is 1.32 bits per heavy atom. The molecule has 2 heterocycles. The summed E-state index contributed by atoms with van der Waals surface area (Å²) in [5, 5.41) is 2.47. The van der Waals surface area contributed by atoms with Gasteiger partial charge < -0.3 is 5.32 Å². The number of nitrogens with zero attached hydrogens (tertiary/aromatic N) is 2. The van der Waals surface area contributed by atoms with Gasteiger partial charge in [-0.3, -0.25) is 9.78 Å². The van der Waals surface area contributed by atoms with Crippen molar-refractivity contribution >= 4 is 11.7 Å². The largest absolute Gasteiger partial charge is 0.310 e. The van der Waals surface area contributed by atoms with E-state index in [4.69, 9.17) is 0 Å². The lowest BCUT2D eigenvalue weighted by atomic mass is 10.1. The predicted molar refractivity (Wildman–Crippen MR) is 78.4 cm³/mol. The number of amides is 1. The zero-order valence-electron chi connectivity index (χ0n) is 12.2. The van der Waals surface area contributed by atoms with E-state index in [1.165, 1.54) is 6.92 Å². The first-order valence-electron chi connectivity index (χ1n) is 6.98. The smallest absolute Gasteiger partial charge is 0.263 e. The molecule has 3 rings (SSSR count). The van der Waals surface area contributed by atoms with Crippen LogP contribution in [0.2, 0.25) is 0 Å². The van der Waals surface area contributed by atoms with Crippen LogP contribution in [-0.2, 0) is 4.79 Å². The number of rotatable bonds is 3. The molecule has 0 aromatic carbocycles. The maximum atomic E-state index is 13.3. The molecular formula is C16H15F2N3O. The number of hydrogen-bond acceptors (Lipinski definition) is 3. The first kappa shape index (κ1) is 14.6. The normalized spacial score (nSPS) is 22.2. The van der Waals surface area contributed by atoms with Crippen LogP contribution in [0.3, 0.4) is 0 Å². The summed E-state index contributed by atoms with van der Waals surface area (Å²) >= 11 is 0. The summed E-state index contributed by atoms with van der Waals surface area (Å²) in [5.74, 6) is -5.55. The van der Waals surface area contributed by atoms with Gasteiger partial charge in [0.1, 0.15) is 11.7 Å². The molecule has 0 saturated heterocycles. The van der Waals surface area contributed by atoms with Crippen LogP contribution in [0, 0.1) is 18.8 Å². The number of hydrogen-bond donors (Lipinski definition) is 1. The third-order valence-electron chi connectivity index (χ3n) is 3.99. The van der Waals surface area contributed by atoms with E-state index >= 15 is 0 Å². The fourth-order valence-electron chi connectivity index (χ4n) is 2.48. The van der Waals surface area contributed by atoms with E-state index in [1.807, 2.05) is 19.1 Å². The molecule has 0 bridgehead atoms. The second-order valence-corrected chi connectivity index (χ2v) is 5.53. The summed E-state index contributed by atoms with van der Waals surface area (Å²) in [6, 6.07) is 7.15. The molecule has 1 aliphatic carbocycles. The molecule has 2 atom stereocenters. The van der Waals surface area contributed by atoms with Gasteiger partial charge >= 0.3 is 0 Å². The molecule has 2 aromatic heterocycles. The van der Waals surface area contributed by atoms with Crippen LogP contribution in [0.5, 0.6) is 0 Å². The van der Waals surface area contributed by atoms with E-state index in [9.17, 15) is 13.6 Å². The van der Waals surface area contributed by atoms with Gasteiger partial charge in [0, 0.05) is 23.9 Å². The topological polar surface area (TPSA) is 54.9 Å². The van der Waals surface area contributed by atoms with Crippen LogP contribution in [-0.4, -0.2) is 21.8 Å². The van der Waals surface area contributed by atoms with E-state index in [0.717, 1.165) is 16.8 Å². The highest BCUT2D eigenvalue weighted by molar-refractivity contribution is 5.95. The fraction of sp³-hybridized carbons (Fsp3) is 0.312. The summed E-state index contributed by atoms with van der Waals surface area (Å²) in [4.78, 5) is 20.2. The molecule has 6 heteroatoms. The molecule has 114 valence electrons. The van der Waals surface area contributed by atoms with Crippen molar-refractivity contribution in [1.29, 1.82) is 0 Å². The predicted octanol–water partition coefficient (Wildman–Crippen LogP) is 3.29. The zero-order chi connectivity index (χ0) is 15.9. The van der Waals surface area contributed by atoms with Gasteiger partial charge in [-0.2, -0.15) is 0 Å². The van der Waals surface area contributed by atoms with Crippen molar-refractivity contribution in [3.8, 4) is 11.3 Å². The Bertz CT molecular complexity index is 719. The van der Waals surface area contributed by atoms with Gasteiger partial charge in [0.05, 0.1) is 5.69 Å². The number of nitrogens with one attached hydrogen (secondary N) is 1. The van der Waals surface area contributed by atoms with Crippen LogP contribution in [0.25, 0.3) is 11.3 Å². The number of anilines is 1. The van der Waals surface area contributed by atoms with E-state index in [2.05, 4.69) is 15.3 Å². The minimum Gasteiger partial charge on any atom is -0.310 e. The van der Waals surface area contributed by atoms with E-state index in [0.29, 0.717) is 0 Å². The van der Waals surface area contributed by atoms with Gasteiger partial charge in [0.25, 0.3) is 5.92 Å². The molecule has 22 heavy (non-hydrogen) atoms. The monoisotopic (exact) mass is 303 g/mol. The minimum atomic E-state index is -2.92. The van der Waals surface area contributed by atoms with E-state index in [-0.39, 0.29) is 5.82 Å². The molecule has 1 saturated carbocycles. The zero-order valence-corrected chi connectivity index (χ0v) is 12.2. The van der Waals surface area contributed by atoms with Crippen molar-refractivity contribution in [1.82, 2.24) is 9.97 Å². The third-order valence-corrected chi connectivity index (χ3v) is 3.99. The number of carbonyl (C=O) groups is 1. The lowest BCUT2D eigenvalue weighted by Crippen LogP contribution is -2.18. The molecular weight excluding hydrogens is 288 g/mol. The maximum Gasteiger partial charge on any atom is 0.263 e. The summed E-state index contributed by atoms with van der Waals surface area (Å²) in [6.45, 7) is 3.24. The molecule has 0 aliphatic heterocycles. The van der Waals surface area contributed by atoms with E-state index in [1.54, 1.807) is 24.5 Å². The third kappa shape index (κ3) is 2.45.